The first-order chi connectivity index (χ1) is 26.6. The van der Waals surface area contributed by atoms with Crippen molar-refractivity contribution in [3.63, 3.8) is 0 Å². The van der Waals surface area contributed by atoms with E-state index in [1.807, 2.05) is 33.3 Å². The number of allylic oxidation sites excluding steroid dienone is 17. The quantitative estimate of drug-likeness (QED) is 0.0227. The molecule has 0 rings (SSSR count). The maximum atomic E-state index is 12.7. The fourth-order valence-electron chi connectivity index (χ4n) is 4.49. The molecule has 0 saturated heterocycles. The third-order valence-electron chi connectivity index (χ3n) is 7.56. The van der Waals surface area contributed by atoms with Gasteiger partial charge in [0.15, 0.2) is 6.10 Å². The van der Waals surface area contributed by atoms with Gasteiger partial charge in [-0.15, -0.1) is 0 Å². The molecule has 0 spiro atoms. The van der Waals surface area contributed by atoms with Crippen molar-refractivity contribution in [2.24, 2.45) is 0 Å². The Labute approximate surface area is 333 Å². The number of carbonyl (C=O) groups excluding carboxylic acids is 2. The van der Waals surface area contributed by atoms with Crippen molar-refractivity contribution in [2.75, 3.05) is 47.5 Å². The number of carboxylic acid groups (broad SMARTS) is 1. The molecule has 0 aromatic carbocycles. The average molecular weight is 767 g/mol. The van der Waals surface area contributed by atoms with E-state index in [1.165, 1.54) is 0 Å². The number of esters is 2. The van der Waals surface area contributed by atoms with E-state index < -0.39 is 30.3 Å². The Kier molecular flexibility index (Phi) is 34.2. The summed E-state index contributed by atoms with van der Waals surface area (Å²) in [4.78, 5) is 36.9. The van der Waals surface area contributed by atoms with Gasteiger partial charge in [-0.2, -0.15) is 0 Å². The minimum atomic E-state index is -1.55. The minimum absolute atomic E-state index is 0.0115. The Morgan fingerprint density at radius 2 is 1.02 bits per heavy atom. The molecule has 0 aromatic heterocycles. The molecule has 0 radical (unpaired) electrons. The molecule has 2 unspecified atom stereocenters. The Bertz CT molecular complexity index is 1260. The highest BCUT2D eigenvalue weighted by Crippen LogP contribution is 2.08. The van der Waals surface area contributed by atoms with Crippen molar-refractivity contribution in [1.29, 1.82) is 0 Å². The molecule has 0 amide bonds. The lowest BCUT2D eigenvalue weighted by atomic mass is 10.2. The first kappa shape index (κ1) is 51.0. The number of unbranched alkanes of at least 4 members (excludes halogenated alkanes) is 2. The zero-order valence-electron chi connectivity index (χ0n) is 34.5. The summed E-state index contributed by atoms with van der Waals surface area (Å²) in [7, 11) is 5.89. The van der Waals surface area contributed by atoms with Crippen LogP contribution in [-0.2, 0) is 33.3 Å². The van der Waals surface area contributed by atoms with Gasteiger partial charge in [0.05, 0.1) is 40.8 Å². The van der Waals surface area contributed by atoms with Crippen LogP contribution < -0.4 is 0 Å². The Morgan fingerprint density at radius 3 is 1.47 bits per heavy atom. The Balaban J connectivity index is 4.75. The maximum Gasteiger partial charge on any atom is 0.361 e. The van der Waals surface area contributed by atoms with Crippen LogP contribution in [0.5, 0.6) is 0 Å². The van der Waals surface area contributed by atoms with Crippen molar-refractivity contribution in [1.82, 2.24) is 0 Å². The number of carboxylic acids is 1. The van der Waals surface area contributed by atoms with Crippen molar-refractivity contribution in [3.8, 4) is 0 Å². The summed E-state index contributed by atoms with van der Waals surface area (Å²) in [6.07, 6.45) is 46.2. The molecule has 1 N–H and O–H groups in total. The van der Waals surface area contributed by atoms with Gasteiger partial charge < -0.3 is 28.5 Å². The highest BCUT2D eigenvalue weighted by atomic mass is 16.7. The monoisotopic (exact) mass is 767 g/mol. The van der Waals surface area contributed by atoms with Crippen molar-refractivity contribution in [3.05, 3.63) is 109 Å². The van der Waals surface area contributed by atoms with Crippen LogP contribution in [0.15, 0.2) is 109 Å². The summed E-state index contributed by atoms with van der Waals surface area (Å²) in [6, 6.07) is 0. The second-order valence-electron chi connectivity index (χ2n) is 13.8. The summed E-state index contributed by atoms with van der Waals surface area (Å²) in [5.41, 5.74) is 0. The maximum absolute atomic E-state index is 12.7. The third kappa shape index (κ3) is 38.0. The lowest BCUT2D eigenvalue weighted by Gasteiger charge is -2.25. The minimum Gasteiger partial charge on any atom is -0.477 e. The van der Waals surface area contributed by atoms with Crippen molar-refractivity contribution >= 4 is 17.9 Å². The van der Waals surface area contributed by atoms with E-state index in [2.05, 4.69) is 105 Å². The van der Waals surface area contributed by atoms with Crippen LogP contribution in [0.4, 0.5) is 0 Å². The normalized spacial score (nSPS) is 14.1. The second kappa shape index (κ2) is 36.9. The second-order valence-corrected chi connectivity index (χ2v) is 13.8. The number of ether oxygens (including phenoxy) is 4. The van der Waals surface area contributed by atoms with Gasteiger partial charge in [0.2, 0.25) is 0 Å². The summed E-state index contributed by atoms with van der Waals surface area (Å²) < 4.78 is 22.4. The number of hydrogen-bond donors (Lipinski definition) is 1. The number of likely N-dealkylation sites (N-methyl/N-ethyl adjacent to an activating group) is 1. The number of nitrogens with zero attached hydrogens (tertiary/aromatic N) is 1. The van der Waals surface area contributed by atoms with Crippen LogP contribution in [0.1, 0.15) is 104 Å². The molecule has 308 valence electrons. The van der Waals surface area contributed by atoms with E-state index in [9.17, 15) is 19.5 Å². The van der Waals surface area contributed by atoms with Crippen LogP contribution in [0.3, 0.4) is 0 Å². The van der Waals surface area contributed by atoms with Crippen molar-refractivity contribution in [2.45, 2.75) is 116 Å². The zero-order valence-corrected chi connectivity index (χ0v) is 34.5. The molecule has 0 fully saturated rings. The van der Waals surface area contributed by atoms with Gasteiger partial charge in [0, 0.05) is 6.42 Å². The fourth-order valence-corrected chi connectivity index (χ4v) is 4.49. The largest absolute Gasteiger partial charge is 0.477 e. The van der Waals surface area contributed by atoms with E-state index in [4.69, 9.17) is 18.9 Å². The smallest absolute Gasteiger partial charge is 0.361 e. The van der Waals surface area contributed by atoms with E-state index >= 15 is 0 Å². The summed E-state index contributed by atoms with van der Waals surface area (Å²) in [5.74, 6) is -2.25. The van der Waals surface area contributed by atoms with Gasteiger partial charge in [0.1, 0.15) is 13.2 Å². The number of rotatable bonds is 34. The molecule has 0 aliphatic heterocycles. The SMILES string of the molecule is CC/C=C\C/C=C\C/C=C\C/C=C\C/C=C\CC(=O)OC(COC(=O)CCCC/C=C\C/C=C\C/C=C\C/C=C\CC)COC(OCC[N+](C)(C)C)C(=O)O. The molecular formula is C46H72NO8+. The number of carbonyl (C=O) groups is 3. The molecule has 55 heavy (non-hydrogen) atoms. The topological polar surface area (TPSA) is 108 Å². The van der Waals surface area contributed by atoms with Crippen LogP contribution in [0, 0.1) is 0 Å². The molecule has 0 aliphatic carbocycles. The van der Waals surface area contributed by atoms with Crippen LogP contribution in [0.25, 0.3) is 0 Å². The molecule has 2 atom stereocenters. The first-order valence-corrected chi connectivity index (χ1v) is 20.1. The van der Waals surface area contributed by atoms with Crippen LogP contribution in [0.2, 0.25) is 0 Å². The molecule has 0 aromatic rings. The lowest BCUT2D eigenvalue weighted by Crippen LogP contribution is -2.40. The van der Waals surface area contributed by atoms with Gasteiger partial charge in [0.25, 0.3) is 6.29 Å². The predicted octanol–water partition coefficient (Wildman–Crippen LogP) is 10.1. The van der Waals surface area contributed by atoms with Gasteiger partial charge in [-0.25, -0.2) is 4.79 Å². The molecule has 9 nitrogen and oxygen atoms in total. The zero-order chi connectivity index (χ0) is 40.7. The highest BCUT2D eigenvalue weighted by molar-refractivity contribution is 5.72. The number of aliphatic carboxylic acids is 1. The van der Waals surface area contributed by atoms with Gasteiger partial charge >= 0.3 is 17.9 Å². The van der Waals surface area contributed by atoms with E-state index in [1.54, 1.807) is 6.08 Å². The van der Waals surface area contributed by atoms with Crippen LogP contribution >= 0.6 is 0 Å². The fraction of sp³-hybridized carbons (Fsp3) is 0.543. The average Bonchev–Trinajstić information content (AvgIpc) is 3.14. The number of quaternary nitrogens is 1. The molecule has 9 heteroatoms. The lowest BCUT2D eigenvalue weighted by molar-refractivity contribution is -0.870. The Hall–Kier alpha value is -4.05. The van der Waals surface area contributed by atoms with Gasteiger partial charge in [-0.3, -0.25) is 9.59 Å². The third-order valence-corrected chi connectivity index (χ3v) is 7.56. The van der Waals surface area contributed by atoms with E-state index in [0.29, 0.717) is 23.9 Å². The molecule has 0 saturated carbocycles. The summed E-state index contributed by atoms with van der Waals surface area (Å²) >= 11 is 0. The first-order valence-electron chi connectivity index (χ1n) is 20.1. The van der Waals surface area contributed by atoms with Crippen molar-refractivity contribution < 1.29 is 42.9 Å². The van der Waals surface area contributed by atoms with Crippen LogP contribution in [-0.4, -0.2) is 87.4 Å². The summed E-state index contributed by atoms with van der Waals surface area (Å²) in [6.45, 7) is 4.42. The predicted molar refractivity (Wildman–Crippen MR) is 225 cm³/mol. The van der Waals surface area contributed by atoms with Gasteiger partial charge in [-0.05, 0) is 77.0 Å². The molecule has 0 heterocycles. The van der Waals surface area contributed by atoms with E-state index in [-0.39, 0.29) is 32.7 Å². The van der Waals surface area contributed by atoms with E-state index in [0.717, 1.165) is 64.2 Å². The Morgan fingerprint density at radius 1 is 0.564 bits per heavy atom. The standard InChI is InChI=1S/C46H71NO8/c1-6-8-10-12-14-16-18-20-22-24-26-28-30-32-34-36-43(48)53-40-42(41-54-46(45(50)51)52-39-38-47(3,4)5)55-44(49)37-35-33-31-29-27-25-23-21-19-17-15-13-11-9-7-2/h8-11,14-17,20-23,26-29,33,35,42,46H,6-7,12-13,18-19,24-25,30-32,34,36-41H2,1-5H3/p+1/b10-8-,11-9-,16-14-,17-15-,22-20-,23-21-,28-26-,29-27-,35-33-. The number of hydrogen-bond acceptors (Lipinski definition) is 7. The molecule has 0 aliphatic rings. The van der Waals surface area contributed by atoms with Gasteiger partial charge in [-0.1, -0.05) is 123 Å². The molecule has 0 bridgehead atoms. The summed E-state index contributed by atoms with van der Waals surface area (Å²) in [5, 5.41) is 9.60. The highest BCUT2D eigenvalue weighted by Gasteiger charge is 2.24. The molecular weight excluding hydrogens is 695 g/mol.